The Morgan fingerprint density at radius 3 is 2.94 bits per heavy atom. The van der Waals surface area contributed by atoms with Crippen LogP contribution in [0.2, 0.25) is 5.15 Å². The summed E-state index contributed by atoms with van der Waals surface area (Å²) in [4.78, 5) is 21.6. The maximum absolute atomic E-state index is 11.7. The molecule has 0 aliphatic carbocycles. The maximum Gasteiger partial charge on any atom is 0.313 e. The highest BCUT2D eigenvalue weighted by Gasteiger charge is 2.41. The molecule has 1 atom stereocenters. The lowest BCUT2D eigenvalue weighted by Gasteiger charge is -2.22. The molecule has 6 nitrogen and oxygen atoms in total. The average Bonchev–Trinajstić information content (AvgIpc) is 2.71. The van der Waals surface area contributed by atoms with E-state index in [-0.39, 0.29) is 11.9 Å². The van der Waals surface area contributed by atoms with Crippen LogP contribution in [0.15, 0.2) is 6.07 Å². The lowest BCUT2D eigenvalue weighted by molar-refractivity contribution is -0.150. The van der Waals surface area contributed by atoms with Gasteiger partial charge in [-0.1, -0.05) is 11.6 Å². The van der Waals surface area contributed by atoms with Crippen molar-refractivity contribution in [2.75, 3.05) is 30.8 Å². The monoisotopic (exact) mass is 270 g/mol. The molecule has 2 heterocycles. The highest BCUT2D eigenvalue weighted by atomic mass is 35.5. The minimum Gasteiger partial charge on any atom is -0.469 e. The standard InChI is InChI=1S/C11H15ClN4O2/c1-11(9(17)18-2)3-4-16(6-11)8-5-7(12)14-10(13)15-8/h5H,3-4,6H2,1-2H3,(H2,13,14,15). The second-order valence-electron chi connectivity index (χ2n) is 4.63. The van der Waals surface area contributed by atoms with E-state index < -0.39 is 5.41 Å². The number of methoxy groups -OCH3 is 1. The van der Waals surface area contributed by atoms with Gasteiger partial charge in [0.05, 0.1) is 12.5 Å². The quantitative estimate of drug-likeness (QED) is 0.640. The first-order valence-electron chi connectivity index (χ1n) is 5.58. The van der Waals surface area contributed by atoms with Crippen LogP contribution >= 0.6 is 11.6 Å². The van der Waals surface area contributed by atoms with Crippen LogP contribution in [0.3, 0.4) is 0 Å². The first-order chi connectivity index (χ1) is 8.44. The van der Waals surface area contributed by atoms with Crippen LogP contribution in [0.4, 0.5) is 11.8 Å². The molecule has 1 aromatic heterocycles. The fourth-order valence-electron chi connectivity index (χ4n) is 2.15. The summed E-state index contributed by atoms with van der Waals surface area (Å²) in [6.45, 7) is 3.12. The highest BCUT2D eigenvalue weighted by molar-refractivity contribution is 6.29. The SMILES string of the molecule is COC(=O)C1(C)CCN(c2cc(Cl)nc(N)n2)C1. The van der Waals surface area contributed by atoms with E-state index in [2.05, 4.69) is 9.97 Å². The predicted octanol–water partition coefficient (Wildman–Crippen LogP) is 1.10. The van der Waals surface area contributed by atoms with E-state index in [0.29, 0.717) is 30.5 Å². The molecule has 1 fully saturated rings. The molecular weight excluding hydrogens is 256 g/mol. The summed E-state index contributed by atoms with van der Waals surface area (Å²) in [7, 11) is 1.40. The number of carbonyl (C=O) groups is 1. The number of nitrogen functional groups attached to an aromatic ring is 1. The predicted molar refractivity (Wildman–Crippen MR) is 68.4 cm³/mol. The van der Waals surface area contributed by atoms with E-state index in [1.807, 2.05) is 11.8 Å². The molecule has 7 heteroatoms. The zero-order valence-corrected chi connectivity index (χ0v) is 11.1. The number of aromatic nitrogens is 2. The Kier molecular flexibility index (Phi) is 3.30. The van der Waals surface area contributed by atoms with Crippen LogP contribution in [0.5, 0.6) is 0 Å². The van der Waals surface area contributed by atoms with Crippen molar-refractivity contribution in [1.29, 1.82) is 0 Å². The number of nitrogens with zero attached hydrogens (tertiary/aromatic N) is 3. The van der Waals surface area contributed by atoms with Crippen LogP contribution in [-0.2, 0) is 9.53 Å². The normalized spacial score (nSPS) is 23.2. The first kappa shape index (κ1) is 12.9. The molecule has 0 amide bonds. The molecule has 1 aromatic rings. The Bertz CT molecular complexity index is 462. The third-order valence-electron chi connectivity index (χ3n) is 3.17. The molecular formula is C11H15ClN4O2. The van der Waals surface area contributed by atoms with Gasteiger partial charge in [0, 0.05) is 19.2 Å². The van der Waals surface area contributed by atoms with Gasteiger partial charge in [0.1, 0.15) is 11.0 Å². The number of nitrogens with two attached hydrogens (primary N) is 1. The van der Waals surface area contributed by atoms with Crippen LogP contribution < -0.4 is 10.6 Å². The lowest BCUT2D eigenvalue weighted by atomic mass is 9.90. The fraction of sp³-hybridized carbons (Fsp3) is 0.545. The smallest absolute Gasteiger partial charge is 0.313 e. The van der Waals surface area contributed by atoms with Gasteiger partial charge < -0.3 is 15.4 Å². The van der Waals surface area contributed by atoms with E-state index in [0.717, 1.165) is 0 Å². The summed E-state index contributed by atoms with van der Waals surface area (Å²) in [6.07, 6.45) is 0.710. The van der Waals surface area contributed by atoms with Crippen molar-refractivity contribution >= 4 is 29.3 Å². The Hall–Kier alpha value is -1.56. The molecule has 0 saturated carbocycles. The van der Waals surface area contributed by atoms with Crippen LogP contribution in [0, 0.1) is 5.41 Å². The number of hydrogen-bond acceptors (Lipinski definition) is 6. The van der Waals surface area contributed by atoms with Gasteiger partial charge in [-0.25, -0.2) is 4.98 Å². The molecule has 0 bridgehead atoms. The minimum absolute atomic E-state index is 0.129. The lowest BCUT2D eigenvalue weighted by Crippen LogP contribution is -2.33. The molecule has 1 aliphatic rings. The van der Waals surface area contributed by atoms with Gasteiger partial charge in [-0.05, 0) is 13.3 Å². The second kappa shape index (κ2) is 4.61. The summed E-state index contributed by atoms with van der Waals surface area (Å²) in [5.41, 5.74) is 5.04. The van der Waals surface area contributed by atoms with Crippen molar-refractivity contribution in [3.05, 3.63) is 11.2 Å². The largest absolute Gasteiger partial charge is 0.469 e. The van der Waals surface area contributed by atoms with E-state index >= 15 is 0 Å². The van der Waals surface area contributed by atoms with E-state index in [4.69, 9.17) is 22.1 Å². The molecule has 0 aromatic carbocycles. The average molecular weight is 271 g/mol. The topological polar surface area (TPSA) is 81.3 Å². The molecule has 2 N–H and O–H groups in total. The number of halogens is 1. The van der Waals surface area contributed by atoms with Gasteiger partial charge in [-0.15, -0.1) is 0 Å². The number of ether oxygens (including phenoxy) is 1. The number of hydrogen-bond donors (Lipinski definition) is 1. The maximum atomic E-state index is 11.7. The van der Waals surface area contributed by atoms with Gasteiger partial charge in [-0.3, -0.25) is 4.79 Å². The van der Waals surface area contributed by atoms with Gasteiger partial charge in [-0.2, -0.15) is 4.98 Å². The number of rotatable bonds is 2. The molecule has 0 radical (unpaired) electrons. The Balaban J connectivity index is 2.20. The Labute approximate surface area is 110 Å². The summed E-state index contributed by atoms with van der Waals surface area (Å²) in [5, 5.41) is 0.296. The van der Waals surface area contributed by atoms with Crippen molar-refractivity contribution in [3.63, 3.8) is 0 Å². The summed E-state index contributed by atoms with van der Waals surface area (Å²) < 4.78 is 4.82. The van der Waals surface area contributed by atoms with Crippen LogP contribution in [-0.4, -0.2) is 36.1 Å². The number of carbonyl (C=O) groups excluding carboxylic acids is 1. The van der Waals surface area contributed by atoms with Crippen LogP contribution in [0.1, 0.15) is 13.3 Å². The first-order valence-corrected chi connectivity index (χ1v) is 5.96. The molecule has 18 heavy (non-hydrogen) atoms. The van der Waals surface area contributed by atoms with Gasteiger partial charge in [0.2, 0.25) is 5.95 Å². The van der Waals surface area contributed by atoms with E-state index in [9.17, 15) is 4.79 Å². The zero-order valence-electron chi connectivity index (χ0n) is 10.3. The van der Waals surface area contributed by atoms with Crippen molar-refractivity contribution in [2.45, 2.75) is 13.3 Å². The molecule has 98 valence electrons. The third-order valence-corrected chi connectivity index (χ3v) is 3.37. The highest BCUT2D eigenvalue weighted by Crippen LogP contribution is 2.34. The number of esters is 1. The molecule has 1 saturated heterocycles. The van der Waals surface area contributed by atoms with Crippen LogP contribution in [0.25, 0.3) is 0 Å². The Morgan fingerprint density at radius 1 is 1.61 bits per heavy atom. The van der Waals surface area contributed by atoms with E-state index in [1.54, 1.807) is 6.07 Å². The third kappa shape index (κ3) is 2.33. The number of anilines is 2. The minimum atomic E-state index is -0.513. The molecule has 1 unspecified atom stereocenters. The fourth-order valence-corrected chi connectivity index (χ4v) is 2.34. The second-order valence-corrected chi connectivity index (χ2v) is 5.02. The van der Waals surface area contributed by atoms with Gasteiger partial charge in [0.15, 0.2) is 0 Å². The van der Waals surface area contributed by atoms with Crippen molar-refractivity contribution in [2.24, 2.45) is 5.41 Å². The summed E-state index contributed by atoms with van der Waals surface area (Å²) in [5.74, 6) is 0.558. The molecule has 2 rings (SSSR count). The molecule has 0 spiro atoms. The van der Waals surface area contributed by atoms with E-state index in [1.165, 1.54) is 7.11 Å². The summed E-state index contributed by atoms with van der Waals surface area (Å²) in [6, 6.07) is 1.64. The van der Waals surface area contributed by atoms with Crippen molar-refractivity contribution in [1.82, 2.24) is 9.97 Å². The Morgan fingerprint density at radius 2 is 2.33 bits per heavy atom. The van der Waals surface area contributed by atoms with Gasteiger partial charge in [0.25, 0.3) is 0 Å². The van der Waals surface area contributed by atoms with Crippen molar-refractivity contribution in [3.8, 4) is 0 Å². The summed E-state index contributed by atoms with van der Waals surface area (Å²) >= 11 is 5.84. The van der Waals surface area contributed by atoms with Gasteiger partial charge >= 0.3 is 5.97 Å². The van der Waals surface area contributed by atoms with Crippen molar-refractivity contribution < 1.29 is 9.53 Å². The molecule has 1 aliphatic heterocycles. The zero-order chi connectivity index (χ0) is 13.3.